The predicted molar refractivity (Wildman–Crippen MR) is 149 cm³/mol. The van der Waals surface area contributed by atoms with E-state index in [9.17, 15) is 4.79 Å². The highest BCUT2D eigenvalue weighted by Gasteiger charge is 2.33. The van der Waals surface area contributed by atoms with Gasteiger partial charge in [0.05, 0.1) is 35.7 Å². The molecule has 3 fully saturated rings. The van der Waals surface area contributed by atoms with Crippen molar-refractivity contribution in [2.45, 2.75) is 44.1 Å². The van der Waals surface area contributed by atoms with Crippen molar-refractivity contribution < 1.29 is 9.53 Å². The summed E-state index contributed by atoms with van der Waals surface area (Å²) in [5, 5.41) is 6.29. The highest BCUT2D eigenvalue weighted by Crippen LogP contribution is 2.43. The maximum absolute atomic E-state index is 13.3. The molecule has 1 saturated carbocycles. The van der Waals surface area contributed by atoms with Crippen molar-refractivity contribution in [2.75, 3.05) is 57.6 Å². The number of piperidine rings is 1. The van der Waals surface area contributed by atoms with E-state index in [-0.39, 0.29) is 5.91 Å². The molecular formula is C28H36N6O2S. The van der Waals surface area contributed by atoms with Gasteiger partial charge in [0.1, 0.15) is 5.69 Å². The van der Waals surface area contributed by atoms with Crippen LogP contribution in [0.15, 0.2) is 36.4 Å². The SMILES string of the molecule is CSN(C)C(=O)c1cc(N2CCC(N3CCOCC3)CC2)c2c(C3CCC3)nn(-c3ccccc3)c2n1. The van der Waals surface area contributed by atoms with E-state index in [1.165, 1.54) is 18.4 Å². The summed E-state index contributed by atoms with van der Waals surface area (Å²) >= 11 is 1.41. The van der Waals surface area contributed by atoms with E-state index in [1.54, 1.807) is 11.4 Å². The molecule has 0 atom stereocenters. The average molecular weight is 521 g/mol. The molecule has 1 aromatic carbocycles. The standard InChI is InChI=1S/C28H36N6O2S/c1-31(37-2)28(35)23-19-24(33-13-11-21(12-14-33)32-15-17-36-18-16-32)25-26(20-7-6-8-20)30-34(27(25)29-23)22-9-4-3-5-10-22/h3-5,9-10,19-21H,6-8,11-18H2,1-2H3. The van der Waals surface area contributed by atoms with Gasteiger partial charge in [0.25, 0.3) is 5.91 Å². The number of pyridine rings is 1. The van der Waals surface area contributed by atoms with Crippen LogP contribution in [0.2, 0.25) is 0 Å². The topological polar surface area (TPSA) is 66.7 Å². The monoisotopic (exact) mass is 520 g/mol. The Hall–Kier alpha value is -2.62. The fourth-order valence-corrected chi connectivity index (χ4v) is 6.12. The molecular weight excluding hydrogens is 484 g/mol. The van der Waals surface area contributed by atoms with Crippen LogP contribution in [0.5, 0.6) is 0 Å². The number of hydrogen-bond acceptors (Lipinski definition) is 7. The summed E-state index contributed by atoms with van der Waals surface area (Å²) in [5.74, 6) is 0.374. The molecule has 2 aliphatic heterocycles. The summed E-state index contributed by atoms with van der Waals surface area (Å²) in [6.07, 6.45) is 7.71. The number of fused-ring (bicyclic) bond motifs is 1. The minimum absolute atomic E-state index is 0.0788. The highest BCUT2D eigenvalue weighted by molar-refractivity contribution is 7.96. The Kier molecular flexibility index (Phi) is 7.10. The smallest absolute Gasteiger partial charge is 0.282 e. The van der Waals surface area contributed by atoms with Crippen LogP contribution in [-0.2, 0) is 4.74 Å². The molecule has 4 heterocycles. The van der Waals surface area contributed by atoms with Gasteiger partial charge in [-0.1, -0.05) is 36.6 Å². The van der Waals surface area contributed by atoms with Crippen molar-refractivity contribution in [2.24, 2.45) is 0 Å². The van der Waals surface area contributed by atoms with E-state index < -0.39 is 0 Å². The summed E-state index contributed by atoms with van der Waals surface area (Å²) in [4.78, 5) is 23.4. The first-order valence-corrected chi connectivity index (χ1v) is 14.7. The quantitative estimate of drug-likeness (QED) is 0.448. The fraction of sp³-hybridized carbons (Fsp3) is 0.536. The van der Waals surface area contributed by atoms with E-state index in [2.05, 4.69) is 21.9 Å². The highest BCUT2D eigenvalue weighted by atomic mass is 32.2. The third-order valence-electron chi connectivity index (χ3n) is 8.28. The summed E-state index contributed by atoms with van der Waals surface area (Å²) in [7, 11) is 1.81. The van der Waals surface area contributed by atoms with Crippen molar-refractivity contribution in [3.63, 3.8) is 0 Å². The fourth-order valence-electron chi connectivity index (χ4n) is 5.86. The van der Waals surface area contributed by atoms with Crippen LogP contribution in [0.4, 0.5) is 5.69 Å². The first-order valence-electron chi connectivity index (χ1n) is 13.5. The van der Waals surface area contributed by atoms with Crippen LogP contribution in [-0.4, -0.2) is 88.6 Å². The van der Waals surface area contributed by atoms with Gasteiger partial charge in [-0.25, -0.2) is 9.67 Å². The van der Waals surface area contributed by atoms with Crippen LogP contribution in [0, 0.1) is 0 Å². The molecule has 6 rings (SSSR count). The summed E-state index contributed by atoms with van der Waals surface area (Å²) in [5.41, 5.74) is 4.50. The average Bonchev–Trinajstić information content (AvgIpc) is 3.30. The lowest BCUT2D eigenvalue weighted by molar-refractivity contribution is 0.0115. The van der Waals surface area contributed by atoms with Crippen LogP contribution < -0.4 is 4.90 Å². The number of morpholine rings is 1. The third kappa shape index (κ3) is 4.73. The van der Waals surface area contributed by atoms with Gasteiger partial charge in [0.2, 0.25) is 0 Å². The van der Waals surface area contributed by atoms with Gasteiger partial charge in [-0.05, 0) is 43.9 Å². The molecule has 3 aliphatic rings. The predicted octanol–water partition coefficient (Wildman–Crippen LogP) is 4.34. The van der Waals surface area contributed by atoms with E-state index in [4.69, 9.17) is 14.8 Å². The molecule has 2 aromatic heterocycles. The maximum atomic E-state index is 13.3. The normalized spacial score (nSPS) is 19.8. The van der Waals surface area contributed by atoms with Crippen molar-refractivity contribution in [1.29, 1.82) is 0 Å². The molecule has 8 nitrogen and oxygen atoms in total. The number of aromatic nitrogens is 3. The molecule has 37 heavy (non-hydrogen) atoms. The third-order valence-corrected chi connectivity index (χ3v) is 9.00. The van der Waals surface area contributed by atoms with Crippen LogP contribution in [0.25, 0.3) is 16.7 Å². The van der Waals surface area contributed by atoms with Crippen molar-refractivity contribution in [1.82, 2.24) is 24.0 Å². The second kappa shape index (κ2) is 10.6. The number of carbonyl (C=O) groups is 1. The number of rotatable bonds is 6. The number of hydrogen-bond donors (Lipinski definition) is 0. The first kappa shape index (κ1) is 24.7. The molecule has 2 saturated heterocycles. The molecule has 1 amide bonds. The Labute approximate surface area is 223 Å². The van der Waals surface area contributed by atoms with Crippen LogP contribution >= 0.6 is 11.9 Å². The van der Waals surface area contributed by atoms with Gasteiger partial charge in [0.15, 0.2) is 5.65 Å². The lowest BCUT2D eigenvalue weighted by Gasteiger charge is -2.41. The molecule has 0 bridgehead atoms. The molecule has 0 spiro atoms. The maximum Gasteiger partial charge on any atom is 0.282 e. The molecule has 196 valence electrons. The summed E-state index contributed by atoms with van der Waals surface area (Å²) < 4.78 is 9.19. The van der Waals surface area contributed by atoms with Crippen molar-refractivity contribution in [3.05, 3.63) is 47.8 Å². The van der Waals surface area contributed by atoms with Gasteiger partial charge in [-0.15, -0.1) is 0 Å². The number of amides is 1. The molecule has 0 N–H and O–H groups in total. The molecule has 1 aliphatic carbocycles. The van der Waals surface area contributed by atoms with Crippen LogP contribution in [0.3, 0.4) is 0 Å². The van der Waals surface area contributed by atoms with Gasteiger partial charge in [-0.3, -0.25) is 14.0 Å². The Morgan fingerprint density at radius 1 is 1.05 bits per heavy atom. The van der Waals surface area contributed by atoms with E-state index in [1.807, 2.05) is 35.2 Å². The largest absolute Gasteiger partial charge is 0.379 e. The zero-order valence-electron chi connectivity index (χ0n) is 21.8. The Bertz CT molecular complexity index is 1250. The van der Waals surface area contributed by atoms with Crippen molar-refractivity contribution >= 4 is 34.6 Å². The van der Waals surface area contributed by atoms with Crippen molar-refractivity contribution in [3.8, 4) is 5.69 Å². The lowest BCUT2D eigenvalue weighted by atomic mass is 9.82. The second-order valence-corrected chi connectivity index (χ2v) is 11.3. The molecule has 3 aromatic rings. The van der Waals surface area contributed by atoms with E-state index in [0.717, 1.165) is 93.2 Å². The Morgan fingerprint density at radius 2 is 1.78 bits per heavy atom. The Balaban J connectivity index is 1.44. The number of nitrogens with zero attached hydrogens (tertiary/aromatic N) is 6. The Morgan fingerprint density at radius 3 is 2.43 bits per heavy atom. The molecule has 0 radical (unpaired) electrons. The number of benzene rings is 1. The number of ether oxygens (including phenoxy) is 1. The lowest BCUT2D eigenvalue weighted by Crippen LogP contribution is -2.49. The minimum Gasteiger partial charge on any atom is -0.379 e. The number of para-hydroxylation sites is 1. The second-order valence-electron chi connectivity index (χ2n) is 10.3. The van der Waals surface area contributed by atoms with Gasteiger partial charge in [0, 0.05) is 51.4 Å². The van der Waals surface area contributed by atoms with E-state index >= 15 is 0 Å². The van der Waals surface area contributed by atoms with Gasteiger partial charge < -0.3 is 9.64 Å². The first-order chi connectivity index (χ1) is 18.1. The van der Waals surface area contributed by atoms with E-state index in [0.29, 0.717) is 17.7 Å². The summed E-state index contributed by atoms with van der Waals surface area (Å²) in [6.45, 7) is 5.66. The molecule has 9 heteroatoms. The van der Waals surface area contributed by atoms with Crippen LogP contribution in [0.1, 0.15) is 54.2 Å². The number of carbonyl (C=O) groups excluding carboxylic acids is 1. The van der Waals surface area contributed by atoms with Gasteiger partial charge >= 0.3 is 0 Å². The zero-order valence-corrected chi connectivity index (χ0v) is 22.6. The summed E-state index contributed by atoms with van der Waals surface area (Å²) in [6, 6.07) is 12.8. The molecule has 0 unspecified atom stereocenters. The van der Waals surface area contributed by atoms with Gasteiger partial charge in [-0.2, -0.15) is 5.10 Å². The number of anilines is 1. The minimum atomic E-state index is -0.0788. The zero-order chi connectivity index (χ0) is 25.4.